The Hall–Kier alpha value is -4.25. The quantitative estimate of drug-likeness (QED) is 0.161. The smallest absolute Gasteiger partial charge is 0.315 e. The van der Waals surface area contributed by atoms with Gasteiger partial charge in [0.2, 0.25) is 0 Å². The molecule has 222 valence electrons. The lowest BCUT2D eigenvalue weighted by Crippen LogP contribution is -2.36. The van der Waals surface area contributed by atoms with E-state index >= 15 is 0 Å². The van der Waals surface area contributed by atoms with Gasteiger partial charge in [0.1, 0.15) is 11.9 Å². The van der Waals surface area contributed by atoms with Gasteiger partial charge in [-0.1, -0.05) is 48.4 Å². The highest BCUT2D eigenvalue weighted by molar-refractivity contribution is 8.00. The van der Waals surface area contributed by atoms with Crippen molar-refractivity contribution in [2.24, 2.45) is 0 Å². The van der Waals surface area contributed by atoms with Gasteiger partial charge < -0.3 is 16.0 Å². The van der Waals surface area contributed by atoms with Gasteiger partial charge in [0, 0.05) is 41.7 Å². The lowest BCUT2D eigenvalue weighted by atomic mass is 9.97. The molecular weight excluding hydrogens is 565 g/mol. The normalized spacial score (nSPS) is 19.8. The van der Waals surface area contributed by atoms with Crippen molar-refractivity contribution in [1.29, 1.82) is 0 Å². The number of hydrogen-bond donors (Lipinski definition) is 3. The highest BCUT2D eigenvalue weighted by Gasteiger charge is 2.42. The Kier molecular flexibility index (Phi) is 8.97. The number of halogens is 1. The Bertz CT molecular complexity index is 1550. The van der Waals surface area contributed by atoms with E-state index in [1.807, 2.05) is 48.3 Å². The zero-order chi connectivity index (χ0) is 29.6. The van der Waals surface area contributed by atoms with Crippen molar-refractivity contribution in [2.45, 2.75) is 62.0 Å². The molecule has 0 bridgehead atoms. The third-order valence-corrected chi connectivity index (χ3v) is 9.52. The minimum Gasteiger partial charge on any atom is -0.348 e. The van der Waals surface area contributed by atoms with Crippen LogP contribution in [0.25, 0.3) is 0 Å². The van der Waals surface area contributed by atoms with E-state index in [-0.39, 0.29) is 29.8 Å². The summed E-state index contributed by atoms with van der Waals surface area (Å²) in [6.45, 7) is 0.387. The minimum absolute atomic E-state index is 0.0434. The van der Waals surface area contributed by atoms with E-state index in [0.717, 1.165) is 60.2 Å². The van der Waals surface area contributed by atoms with Crippen LogP contribution in [0.15, 0.2) is 79.3 Å². The monoisotopic (exact) mass is 599 g/mol. The van der Waals surface area contributed by atoms with Crippen molar-refractivity contribution >= 4 is 23.7 Å². The van der Waals surface area contributed by atoms with Gasteiger partial charge in [0.05, 0.1) is 17.8 Å². The number of carbonyl (C=O) groups excluding carboxylic acids is 2. The van der Waals surface area contributed by atoms with Gasteiger partial charge in [-0.15, -0.1) is 5.10 Å². The van der Waals surface area contributed by atoms with E-state index in [1.165, 1.54) is 12.1 Å². The van der Waals surface area contributed by atoms with Crippen LogP contribution in [-0.4, -0.2) is 55.0 Å². The average Bonchev–Trinajstić information content (AvgIpc) is 3.74. The number of thioether (sulfide) groups is 1. The standard InChI is InChI=1S/C32H34FN7O2S/c33-25-8-4-7-24(16-25)30(22-11-13-23(14-12-22)31(41)35-18-21-6-5-15-34-17-21)40-19-26(38-39-40)9-2-1-3-10-28-29-27(20-43-28)36-32(42)37-29/h4-8,11-17,19,27-30H,1-3,9-10,18,20H2,(H,35,41)(H2,36,37,42)/t27-,28-,29-,30?/m0/s1. The zero-order valence-corrected chi connectivity index (χ0v) is 24.5. The predicted octanol–water partition coefficient (Wildman–Crippen LogP) is 4.65. The van der Waals surface area contributed by atoms with Crippen LogP contribution < -0.4 is 16.0 Å². The number of nitrogens with zero attached hydrogens (tertiary/aromatic N) is 4. The number of benzene rings is 2. The summed E-state index contributed by atoms with van der Waals surface area (Å²) in [7, 11) is 0. The van der Waals surface area contributed by atoms with Crippen LogP contribution in [0, 0.1) is 5.82 Å². The summed E-state index contributed by atoms with van der Waals surface area (Å²) in [5.41, 5.74) is 3.94. The molecule has 2 fully saturated rings. The molecule has 2 aliphatic rings. The largest absolute Gasteiger partial charge is 0.348 e. The van der Waals surface area contributed by atoms with Crippen molar-refractivity contribution in [3.8, 4) is 0 Å². The fourth-order valence-corrected chi connectivity index (χ4v) is 7.35. The second-order valence-electron chi connectivity index (χ2n) is 11.0. The molecule has 2 saturated heterocycles. The van der Waals surface area contributed by atoms with Crippen LogP contribution in [0.2, 0.25) is 0 Å². The Morgan fingerprint density at radius 2 is 1.95 bits per heavy atom. The molecule has 2 aliphatic heterocycles. The predicted molar refractivity (Wildman–Crippen MR) is 163 cm³/mol. The number of fused-ring (bicyclic) bond motifs is 1. The van der Waals surface area contributed by atoms with Crippen molar-refractivity contribution in [2.75, 3.05) is 5.75 Å². The first-order chi connectivity index (χ1) is 21.0. The third kappa shape index (κ3) is 7.05. The topological polar surface area (TPSA) is 114 Å². The van der Waals surface area contributed by atoms with Gasteiger partial charge in [-0.3, -0.25) is 9.78 Å². The number of aromatic nitrogens is 4. The molecule has 0 saturated carbocycles. The molecule has 6 rings (SSSR count). The molecule has 0 spiro atoms. The minimum atomic E-state index is -0.396. The van der Waals surface area contributed by atoms with E-state index in [4.69, 9.17) is 0 Å². The molecule has 0 radical (unpaired) electrons. The Balaban J connectivity index is 1.07. The molecule has 4 atom stereocenters. The van der Waals surface area contributed by atoms with Gasteiger partial charge in [0.15, 0.2) is 0 Å². The Labute approximate surface area is 254 Å². The molecule has 43 heavy (non-hydrogen) atoms. The SMILES string of the molecule is O=C1N[C@H]2[C@H](CS[C@H]2CCCCCc2cn(C(c3ccc(C(=O)NCc4cccnc4)cc3)c3cccc(F)c3)nn2)N1. The summed E-state index contributed by atoms with van der Waals surface area (Å²) in [6.07, 6.45) is 10.4. The van der Waals surface area contributed by atoms with Crippen molar-refractivity contribution in [3.05, 3.63) is 113 Å². The van der Waals surface area contributed by atoms with Gasteiger partial charge >= 0.3 is 6.03 Å². The summed E-state index contributed by atoms with van der Waals surface area (Å²) in [4.78, 5) is 28.4. The molecule has 3 amide bonds. The summed E-state index contributed by atoms with van der Waals surface area (Å²) in [6, 6.07) is 17.6. The number of rotatable bonds is 12. The highest BCUT2D eigenvalue weighted by Crippen LogP contribution is 2.33. The summed E-state index contributed by atoms with van der Waals surface area (Å²) >= 11 is 1.94. The molecular formula is C32H34FN7O2S. The fourth-order valence-electron chi connectivity index (χ4n) is 5.80. The Morgan fingerprint density at radius 3 is 2.77 bits per heavy atom. The maximum atomic E-state index is 14.3. The van der Waals surface area contributed by atoms with Crippen LogP contribution in [0.3, 0.4) is 0 Å². The molecule has 0 aliphatic carbocycles. The summed E-state index contributed by atoms with van der Waals surface area (Å²) in [5.74, 6) is 0.469. The second-order valence-corrected chi connectivity index (χ2v) is 12.3. The van der Waals surface area contributed by atoms with E-state index < -0.39 is 6.04 Å². The van der Waals surface area contributed by atoms with Crippen LogP contribution in [0.4, 0.5) is 9.18 Å². The number of hydrogen-bond acceptors (Lipinski definition) is 6. The number of carbonyl (C=O) groups is 2. The van der Waals surface area contributed by atoms with Crippen LogP contribution >= 0.6 is 11.8 Å². The molecule has 2 aromatic heterocycles. The number of pyridine rings is 1. The maximum Gasteiger partial charge on any atom is 0.315 e. The second kappa shape index (κ2) is 13.4. The lowest BCUT2D eigenvalue weighted by Gasteiger charge is -2.18. The van der Waals surface area contributed by atoms with Gasteiger partial charge in [-0.25, -0.2) is 13.9 Å². The van der Waals surface area contributed by atoms with Crippen LogP contribution in [0.5, 0.6) is 0 Å². The molecule has 3 N–H and O–H groups in total. The molecule has 11 heteroatoms. The van der Waals surface area contributed by atoms with E-state index in [9.17, 15) is 14.0 Å². The zero-order valence-electron chi connectivity index (χ0n) is 23.7. The Morgan fingerprint density at radius 1 is 1.07 bits per heavy atom. The third-order valence-electron chi connectivity index (χ3n) is 8.01. The summed E-state index contributed by atoms with van der Waals surface area (Å²) in [5, 5.41) is 18.3. The average molecular weight is 600 g/mol. The first kappa shape index (κ1) is 28.9. The molecule has 4 heterocycles. The van der Waals surface area contributed by atoms with E-state index in [1.54, 1.807) is 35.3 Å². The first-order valence-corrected chi connectivity index (χ1v) is 15.7. The molecule has 4 aromatic rings. The highest BCUT2D eigenvalue weighted by atomic mass is 32.2. The first-order valence-electron chi connectivity index (χ1n) is 14.7. The van der Waals surface area contributed by atoms with Crippen molar-refractivity contribution < 1.29 is 14.0 Å². The van der Waals surface area contributed by atoms with Crippen molar-refractivity contribution in [3.63, 3.8) is 0 Å². The van der Waals surface area contributed by atoms with Gasteiger partial charge in [0.25, 0.3) is 5.91 Å². The van der Waals surface area contributed by atoms with Gasteiger partial charge in [-0.05, 0) is 66.3 Å². The lowest BCUT2D eigenvalue weighted by molar-refractivity contribution is 0.0951. The number of urea groups is 1. The molecule has 9 nitrogen and oxygen atoms in total. The number of aryl methyl sites for hydroxylation is 1. The molecule has 2 aromatic carbocycles. The maximum absolute atomic E-state index is 14.3. The van der Waals surface area contributed by atoms with E-state index in [0.29, 0.717) is 17.4 Å². The van der Waals surface area contributed by atoms with Gasteiger partial charge in [-0.2, -0.15) is 11.8 Å². The number of unbranched alkanes of at least 4 members (excludes halogenated alkanes) is 2. The van der Waals surface area contributed by atoms with Crippen LogP contribution in [-0.2, 0) is 13.0 Å². The van der Waals surface area contributed by atoms with Crippen molar-refractivity contribution in [1.82, 2.24) is 35.9 Å². The number of nitrogens with one attached hydrogen (secondary N) is 3. The summed E-state index contributed by atoms with van der Waals surface area (Å²) < 4.78 is 16.0. The van der Waals surface area contributed by atoms with E-state index in [2.05, 4.69) is 31.2 Å². The number of amides is 3. The van der Waals surface area contributed by atoms with Crippen LogP contribution in [0.1, 0.15) is 64.5 Å². The molecule has 1 unspecified atom stereocenters. The fraction of sp³-hybridized carbons (Fsp3) is 0.344.